The van der Waals surface area contributed by atoms with Gasteiger partial charge < -0.3 is 4.74 Å². The molecule has 0 radical (unpaired) electrons. The molecule has 1 aliphatic heterocycles. The summed E-state index contributed by atoms with van der Waals surface area (Å²) >= 11 is 3.67. The summed E-state index contributed by atoms with van der Waals surface area (Å²) in [6, 6.07) is 0. The molecule has 0 bridgehead atoms. The van der Waals surface area contributed by atoms with Gasteiger partial charge >= 0.3 is 0 Å². The van der Waals surface area contributed by atoms with Gasteiger partial charge in [-0.2, -0.15) is 0 Å². The van der Waals surface area contributed by atoms with E-state index in [0.29, 0.717) is 5.41 Å². The summed E-state index contributed by atoms with van der Waals surface area (Å²) in [6.07, 6.45) is 10.8. The number of rotatable bonds is 3. The summed E-state index contributed by atoms with van der Waals surface area (Å²) in [5.41, 5.74) is 0.725. The molecular weight excluding hydrogens is 252 g/mol. The largest absolute Gasteiger partial charge is 0.374 e. The van der Waals surface area contributed by atoms with Crippen LogP contribution in [0, 0.1) is 5.41 Å². The highest BCUT2D eigenvalue weighted by Gasteiger charge is 2.41. The highest BCUT2D eigenvalue weighted by molar-refractivity contribution is 9.09. The van der Waals surface area contributed by atoms with Gasteiger partial charge in [0.05, 0.1) is 5.60 Å². The fraction of sp³-hybridized carbons (Fsp3) is 1.00. The van der Waals surface area contributed by atoms with Crippen molar-refractivity contribution in [2.75, 3.05) is 11.9 Å². The lowest BCUT2D eigenvalue weighted by atomic mass is 9.75. The van der Waals surface area contributed by atoms with E-state index in [0.717, 1.165) is 11.9 Å². The lowest BCUT2D eigenvalue weighted by molar-refractivity contribution is -0.0858. The minimum atomic E-state index is 0.164. The quantitative estimate of drug-likeness (QED) is 0.698. The average Bonchev–Trinajstić information content (AvgIpc) is 2.66. The van der Waals surface area contributed by atoms with Crippen LogP contribution in [0.4, 0.5) is 0 Å². The smallest absolute Gasteiger partial charge is 0.0784 e. The summed E-state index contributed by atoms with van der Waals surface area (Å²) in [5, 5.41) is 1.02. The second-order valence-electron chi connectivity index (χ2n) is 5.82. The maximum absolute atomic E-state index is 6.10. The Hall–Kier alpha value is 0.440. The molecule has 0 amide bonds. The molecule has 2 aliphatic rings. The zero-order chi connectivity index (χ0) is 10.8. The summed E-state index contributed by atoms with van der Waals surface area (Å²) in [6.45, 7) is 3.43. The van der Waals surface area contributed by atoms with Crippen molar-refractivity contribution < 1.29 is 4.74 Å². The number of ether oxygens (including phenoxy) is 1. The first-order valence-corrected chi connectivity index (χ1v) is 7.50. The van der Waals surface area contributed by atoms with Crippen LogP contribution in [0.25, 0.3) is 0 Å². The van der Waals surface area contributed by atoms with Gasteiger partial charge in [0.15, 0.2) is 0 Å². The molecule has 0 aromatic heterocycles. The van der Waals surface area contributed by atoms with Crippen LogP contribution in [0.15, 0.2) is 0 Å². The van der Waals surface area contributed by atoms with Gasteiger partial charge in [0.1, 0.15) is 0 Å². The Morgan fingerprint density at radius 3 is 2.27 bits per heavy atom. The Bertz CT molecular complexity index is 203. The molecule has 2 rings (SSSR count). The molecule has 1 atom stereocenters. The van der Waals surface area contributed by atoms with E-state index in [1.54, 1.807) is 0 Å². The molecule has 2 heteroatoms. The molecule has 1 saturated heterocycles. The molecule has 1 saturated carbocycles. The van der Waals surface area contributed by atoms with Crippen molar-refractivity contribution in [3.8, 4) is 0 Å². The molecule has 1 aliphatic carbocycles. The monoisotopic (exact) mass is 274 g/mol. The average molecular weight is 275 g/mol. The second-order valence-corrected chi connectivity index (χ2v) is 6.38. The number of hydrogen-bond acceptors (Lipinski definition) is 1. The zero-order valence-corrected chi connectivity index (χ0v) is 11.4. The van der Waals surface area contributed by atoms with Crippen molar-refractivity contribution in [2.45, 2.75) is 63.9 Å². The fourth-order valence-corrected chi connectivity index (χ4v) is 4.03. The van der Waals surface area contributed by atoms with Crippen molar-refractivity contribution in [1.29, 1.82) is 0 Å². The predicted molar refractivity (Wildman–Crippen MR) is 67.5 cm³/mol. The molecule has 2 fully saturated rings. The number of halogens is 1. The third-order valence-electron chi connectivity index (χ3n) is 4.24. The summed E-state index contributed by atoms with van der Waals surface area (Å²) in [5.74, 6) is 0. The van der Waals surface area contributed by atoms with Crippen molar-refractivity contribution >= 4 is 15.9 Å². The lowest BCUT2D eigenvalue weighted by Crippen LogP contribution is -2.42. The molecule has 1 heterocycles. The normalized spacial score (nSPS) is 35.6. The van der Waals surface area contributed by atoms with E-state index in [4.69, 9.17) is 4.74 Å². The van der Waals surface area contributed by atoms with Gasteiger partial charge in [0.25, 0.3) is 0 Å². The standard InChI is InChI=1S/C13H23BrO/c1-12(6-2-3-7-12)10-13(11-14)8-4-5-9-15-13/h2-11H2,1H3. The van der Waals surface area contributed by atoms with E-state index in [9.17, 15) is 0 Å². The highest BCUT2D eigenvalue weighted by atomic mass is 79.9. The minimum absolute atomic E-state index is 0.164. The molecule has 0 aromatic carbocycles. The summed E-state index contributed by atoms with van der Waals surface area (Å²) < 4.78 is 6.10. The topological polar surface area (TPSA) is 9.23 Å². The van der Waals surface area contributed by atoms with Crippen LogP contribution in [0.2, 0.25) is 0 Å². The third kappa shape index (κ3) is 2.76. The molecule has 0 aromatic rings. The van der Waals surface area contributed by atoms with Crippen LogP contribution in [0.5, 0.6) is 0 Å². The Morgan fingerprint density at radius 2 is 1.73 bits per heavy atom. The lowest BCUT2D eigenvalue weighted by Gasteiger charge is -2.41. The van der Waals surface area contributed by atoms with E-state index >= 15 is 0 Å². The fourth-order valence-electron chi connectivity index (χ4n) is 3.39. The van der Waals surface area contributed by atoms with Gasteiger partial charge in [-0.25, -0.2) is 0 Å². The molecule has 88 valence electrons. The van der Waals surface area contributed by atoms with Gasteiger partial charge in [0.2, 0.25) is 0 Å². The number of alkyl halides is 1. The third-order valence-corrected chi connectivity index (χ3v) is 5.26. The van der Waals surface area contributed by atoms with Crippen molar-refractivity contribution in [3.63, 3.8) is 0 Å². The van der Waals surface area contributed by atoms with Crippen LogP contribution in [0.3, 0.4) is 0 Å². The molecule has 15 heavy (non-hydrogen) atoms. The van der Waals surface area contributed by atoms with E-state index in [2.05, 4.69) is 22.9 Å². The van der Waals surface area contributed by atoms with E-state index in [1.165, 1.54) is 51.4 Å². The zero-order valence-electron chi connectivity index (χ0n) is 9.86. The van der Waals surface area contributed by atoms with Crippen LogP contribution < -0.4 is 0 Å². The molecule has 0 spiro atoms. The van der Waals surface area contributed by atoms with Gasteiger partial charge in [-0.05, 0) is 43.9 Å². The Kier molecular flexibility index (Phi) is 3.77. The second kappa shape index (κ2) is 4.75. The van der Waals surface area contributed by atoms with E-state index < -0.39 is 0 Å². The summed E-state index contributed by atoms with van der Waals surface area (Å²) in [7, 11) is 0. The molecule has 1 unspecified atom stereocenters. The molecule has 0 N–H and O–H groups in total. The van der Waals surface area contributed by atoms with Crippen molar-refractivity contribution in [2.24, 2.45) is 5.41 Å². The van der Waals surface area contributed by atoms with Crippen LogP contribution in [0.1, 0.15) is 58.3 Å². The maximum atomic E-state index is 6.10. The summed E-state index contributed by atoms with van der Waals surface area (Å²) in [4.78, 5) is 0. The van der Waals surface area contributed by atoms with Crippen LogP contribution in [-0.4, -0.2) is 17.5 Å². The van der Waals surface area contributed by atoms with Crippen LogP contribution in [-0.2, 0) is 4.74 Å². The molecular formula is C13H23BrO. The first kappa shape index (κ1) is 11.9. The van der Waals surface area contributed by atoms with Crippen LogP contribution >= 0.6 is 15.9 Å². The van der Waals surface area contributed by atoms with Gasteiger partial charge in [0, 0.05) is 11.9 Å². The highest BCUT2D eigenvalue weighted by Crippen LogP contribution is 2.47. The Labute approximate surface area is 102 Å². The van der Waals surface area contributed by atoms with Gasteiger partial charge in [-0.3, -0.25) is 0 Å². The number of hydrogen-bond donors (Lipinski definition) is 0. The minimum Gasteiger partial charge on any atom is -0.374 e. The maximum Gasteiger partial charge on any atom is 0.0784 e. The first-order valence-electron chi connectivity index (χ1n) is 6.38. The van der Waals surface area contributed by atoms with E-state index in [1.807, 2.05) is 0 Å². The Balaban J connectivity index is 1.99. The van der Waals surface area contributed by atoms with Gasteiger partial charge in [-0.15, -0.1) is 0 Å². The van der Waals surface area contributed by atoms with Crippen molar-refractivity contribution in [1.82, 2.24) is 0 Å². The van der Waals surface area contributed by atoms with Gasteiger partial charge in [-0.1, -0.05) is 35.7 Å². The Morgan fingerprint density at radius 1 is 1.07 bits per heavy atom. The predicted octanol–water partition coefficient (Wildman–Crippen LogP) is 4.29. The SMILES string of the molecule is CC1(CC2(CBr)CCCCO2)CCCC1. The molecule has 1 nitrogen and oxygen atoms in total. The van der Waals surface area contributed by atoms with Crippen molar-refractivity contribution in [3.05, 3.63) is 0 Å². The van der Waals surface area contributed by atoms with E-state index in [-0.39, 0.29) is 5.60 Å². The first-order chi connectivity index (χ1) is 7.18.